The molecular formula is C13H18N2O3. The van der Waals surface area contributed by atoms with E-state index in [-0.39, 0.29) is 6.10 Å². The molecule has 0 amide bonds. The molecule has 0 aliphatic carbocycles. The zero-order valence-corrected chi connectivity index (χ0v) is 10.7. The summed E-state index contributed by atoms with van der Waals surface area (Å²) in [6, 6.07) is 3.36. The zero-order valence-electron chi connectivity index (χ0n) is 10.7. The molecule has 0 spiro atoms. The second-order valence-corrected chi connectivity index (χ2v) is 4.47. The summed E-state index contributed by atoms with van der Waals surface area (Å²) < 4.78 is 10.6. The second-order valence-electron chi connectivity index (χ2n) is 4.47. The summed E-state index contributed by atoms with van der Waals surface area (Å²) in [6.07, 6.45) is 2.71. The van der Waals surface area contributed by atoms with Crippen molar-refractivity contribution in [2.75, 3.05) is 20.2 Å². The Hall–Kier alpha value is -1.62. The normalized spacial score (nSPS) is 23.4. The molecular weight excluding hydrogens is 232 g/mol. The molecule has 0 bridgehead atoms. The van der Waals surface area contributed by atoms with E-state index in [9.17, 15) is 4.79 Å². The van der Waals surface area contributed by atoms with Crippen molar-refractivity contribution in [3.05, 3.63) is 23.9 Å². The summed E-state index contributed by atoms with van der Waals surface area (Å²) in [5.74, 6) is 0.373. The highest BCUT2D eigenvalue weighted by Crippen LogP contribution is 2.21. The lowest BCUT2D eigenvalue weighted by Crippen LogP contribution is -2.43. The van der Waals surface area contributed by atoms with E-state index in [1.165, 1.54) is 7.11 Å². The van der Waals surface area contributed by atoms with Gasteiger partial charge in [0.15, 0.2) is 0 Å². The van der Waals surface area contributed by atoms with Crippen molar-refractivity contribution >= 4 is 5.97 Å². The minimum Gasteiger partial charge on any atom is -0.472 e. The van der Waals surface area contributed by atoms with Crippen molar-refractivity contribution < 1.29 is 14.3 Å². The van der Waals surface area contributed by atoms with Crippen LogP contribution in [0.2, 0.25) is 0 Å². The molecule has 98 valence electrons. The predicted octanol–water partition coefficient (Wildman–Crippen LogP) is 1.24. The van der Waals surface area contributed by atoms with Crippen LogP contribution in [-0.4, -0.2) is 37.3 Å². The molecule has 0 aromatic carbocycles. The first kappa shape index (κ1) is 12.8. The van der Waals surface area contributed by atoms with Gasteiger partial charge in [-0.25, -0.2) is 9.78 Å². The lowest BCUT2D eigenvalue weighted by molar-refractivity contribution is 0.0581. The Morgan fingerprint density at radius 1 is 1.56 bits per heavy atom. The molecule has 1 fully saturated rings. The summed E-state index contributed by atoms with van der Waals surface area (Å²) in [5.41, 5.74) is 0.373. The lowest BCUT2D eigenvalue weighted by atomic mass is 9.97. The number of ether oxygens (including phenoxy) is 2. The van der Waals surface area contributed by atoms with Gasteiger partial charge in [0.25, 0.3) is 0 Å². The molecule has 5 heteroatoms. The number of nitrogens with zero attached hydrogens (tertiary/aromatic N) is 1. The molecule has 1 aliphatic heterocycles. The van der Waals surface area contributed by atoms with E-state index in [1.54, 1.807) is 18.3 Å². The van der Waals surface area contributed by atoms with Crippen molar-refractivity contribution in [1.82, 2.24) is 10.3 Å². The van der Waals surface area contributed by atoms with Gasteiger partial charge in [0.2, 0.25) is 5.88 Å². The highest BCUT2D eigenvalue weighted by atomic mass is 16.5. The molecule has 2 unspecified atom stereocenters. The predicted molar refractivity (Wildman–Crippen MR) is 66.6 cm³/mol. The Balaban J connectivity index is 2.15. The van der Waals surface area contributed by atoms with E-state index in [1.807, 2.05) is 0 Å². The molecule has 5 nitrogen and oxygen atoms in total. The smallest absolute Gasteiger partial charge is 0.343 e. The van der Waals surface area contributed by atoms with Gasteiger partial charge in [-0.3, -0.25) is 0 Å². The Morgan fingerprint density at radius 3 is 3.11 bits per heavy atom. The van der Waals surface area contributed by atoms with Gasteiger partial charge >= 0.3 is 5.97 Å². The Morgan fingerprint density at radius 2 is 2.39 bits per heavy atom. The first-order valence-electron chi connectivity index (χ1n) is 6.13. The number of rotatable bonds is 3. The fourth-order valence-electron chi connectivity index (χ4n) is 2.01. The standard InChI is InChI=1S/C13H18N2O3/c1-9-5-7-14-8-11(9)18-12-10(13(16)17-2)4-3-6-15-12/h3-4,6,9,11,14H,5,7-8H2,1-2H3. The fourth-order valence-corrected chi connectivity index (χ4v) is 2.01. The molecule has 1 N–H and O–H groups in total. The Bertz CT molecular complexity index is 422. The van der Waals surface area contributed by atoms with Crippen LogP contribution >= 0.6 is 0 Å². The van der Waals surface area contributed by atoms with Crippen molar-refractivity contribution in [3.8, 4) is 5.88 Å². The molecule has 1 saturated heterocycles. The SMILES string of the molecule is COC(=O)c1cccnc1OC1CNCCC1C. The number of hydrogen-bond acceptors (Lipinski definition) is 5. The van der Waals surface area contributed by atoms with Gasteiger partial charge in [0, 0.05) is 12.7 Å². The van der Waals surface area contributed by atoms with Gasteiger partial charge in [-0.2, -0.15) is 0 Å². The van der Waals surface area contributed by atoms with Gasteiger partial charge in [0.1, 0.15) is 11.7 Å². The summed E-state index contributed by atoms with van der Waals surface area (Å²) in [4.78, 5) is 15.7. The fraction of sp³-hybridized carbons (Fsp3) is 0.538. The minimum absolute atomic E-state index is 0.0389. The molecule has 0 saturated carbocycles. The molecule has 2 heterocycles. The van der Waals surface area contributed by atoms with Crippen LogP contribution in [0.15, 0.2) is 18.3 Å². The zero-order chi connectivity index (χ0) is 13.0. The maximum atomic E-state index is 11.6. The lowest BCUT2D eigenvalue weighted by Gasteiger charge is -2.29. The van der Waals surface area contributed by atoms with E-state index >= 15 is 0 Å². The number of piperidine rings is 1. The van der Waals surface area contributed by atoms with Crippen LogP contribution in [0.5, 0.6) is 5.88 Å². The Kier molecular flexibility index (Phi) is 4.15. The third-order valence-electron chi connectivity index (χ3n) is 3.20. The molecule has 1 aliphatic rings. The highest BCUT2D eigenvalue weighted by Gasteiger charge is 2.25. The average Bonchev–Trinajstić information content (AvgIpc) is 2.41. The maximum absolute atomic E-state index is 11.6. The van der Waals surface area contributed by atoms with Crippen molar-refractivity contribution in [2.24, 2.45) is 5.92 Å². The monoisotopic (exact) mass is 250 g/mol. The van der Waals surface area contributed by atoms with Crippen molar-refractivity contribution in [1.29, 1.82) is 0 Å². The van der Waals surface area contributed by atoms with Crippen LogP contribution in [0.4, 0.5) is 0 Å². The summed E-state index contributed by atoms with van der Waals surface area (Å²) in [7, 11) is 1.35. The molecule has 18 heavy (non-hydrogen) atoms. The van der Waals surface area contributed by atoms with E-state index in [2.05, 4.69) is 17.2 Å². The van der Waals surface area contributed by atoms with Crippen LogP contribution in [-0.2, 0) is 4.74 Å². The molecule has 2 atom stereocenters. The number of hydrogen-bond donors (Lipinski definition) is 1. The number of nitrogens with one attached hydrogen (secondary N) is 1. The quantitative estimate of drug-likeness (QED) is 0.818. The molecule has 1 aromatic heterocycles. The van der Waals surface area contributed by atoms with Crippen LogP contribution in [0, 0.1) is 5.92 Å². The second kappa shape index (κ2) is 5.82. The van der Waals surface area contributed by atoms with Crippen LogP contribution in [0.3, 0.4) is 0 Å². The summed E-state index contributed by atoms with van der Waals surface area (Å²) in [6.45, 7) is 3.93. The number of methoxy groups -OCH3 is 1. The Labute approximate surface area is 107 Å². The minimum atomic E-state index is -0.422. The average molecular weight is 250 g/mol. The highest BCUT2D eigenvalue weighted by molar-refractivity contribution is 5.91. The number of aromatic nitrogens is 1. The van der Waals surface area contributed by atoms with Gasteiger partial charge in [-0.1, -0.05) is 6.92 Å². The van der Waals surface area contributed by atoms with E-state index in [4.69, 9.17) is 9.47 Å². The number of pyridine rings is 1. The van der Waals surface area contributed by atoms with Gasteiger partial charge < -0.3 is 14.8 Å². The van der Waals surface area contributed by atoms with E-state index < -0.39 is 5.97 Å². The topological polar surface area (TPSA) is 60.5 Å². The first-order chi connectivity index (χ1) is 8.72. The van der Waals surface area contributed by atoms with Gasteiger partial charge in [-0.15, -0.1) is 0 Å². The van der Waals surface area contributed by atoms with Crippen molar-refractivity contribution in [3.63, 3.8) is 0 Å². The maximum Gasteiger partial charge on any atom is 0.343 e. The van der Waals surface area contributed by atoms with Crippen molar-refractivity contribution in [2.45, 2.75) is 19.4 Å². The molecule has 1 aromatic rings. The van der Waals surface area contributed by atoms with E-state index in [0.717, 1.165) is 19.5 Å². The third kappa shape index (κ3) is 2.79. The van der Waals surface area contributed by atoms with Crippen LogP contribution in [0.25, 0.3) is 0 Å². The third-order valence-corrected chi connectivity index (χ3v) is 3.20. The molecule has 2 rings (SSSR count). The number of carbonyl (C=O) groups is 1. The molecule has 0 radical (unpaired) electrons. The van der Waals surface area contributed by atoms with Crippen LogP contribution in [0.1, 0.15) is 23.7 Å². The van der Waals surface area contributed by atoms with Gasteiger partial charge in [0.05, 0.1) is 7.11 Å². The van der Waals surface area contributed by atoms with E-state index in [0.29, 0.717) is 17.4 Å². The summed E-state index contributed by atoms with van der Waals surface area (Å²) >= 11 is 0. The van der Waals surface area contributed by atoms with Crippen LogP contribution < -0.4 is 10.1 Å². The first-order valence-corrected chi connectivity index (χ1v) is 6.13. The van der Waals surface area contributed by atoms with Gasteiger partial charge in [-0.05, 0) is 31.0 Å². The largest absolute Gasteiger partial charge is 0.472 e. The number of esters is 1. The number of carbonyl (C=O) groups excluding carboxylic acids is 1. The summed E-state index contributed by atoms with van der Waals surface area (Å²) in [5, 5.41) is 3.28.